The summed E-state index contributed by atoms with van der Waals surface area (Å²) in [6.07, 6.45) is -10.8. The van der Waals surface area contributed by atoms with Crippen molar-refractivity contribution in [3.8, 4) is 6.07 Å². The molecule has 0 N–H and O–H groups in total. The van der Waals surface area contributed by atoms with Gasteiger partial charge in [0, 0.05) is 0 Å². The maximum Gasteiger partial charge on any atom is 0.433 e. The van der Waals surface area contributed by atoms with Crippen LogP contribution in [0.15, 0.2) is 6.07 Å². The standard InChI is InChI=1S/C8H3F6N3/c9-7(10,11)4-3-5(8(12,13)14)17-6(16-4)1-2-15/h3H,1H2. The van der Waals surface area contributed by atoms with Crippen molar-refractivity contribution in [3.63, 3.8) is 0 Å². The fourth-order valence-corrected chi connectivity index (χ4v) is 0.937. The molecule has 0 aromatic carbocycles. The van der Waals surface area contributed by atoms with Gasteiger partial charge in [0.2, 0.25) is 0 Å². The first-order chi connectivity index (χ1) is 7.64. The molecule has 0 atom stereocenters. The summed E-state index contributed by atoms with van der Waals surface area (Å²) in [5.41, 5.74) is -3.44. The Kier molecular flexibility index (Phi) is 3.26. The van der Waals surface area contributed by atoms with Crippen LogP contribution >= 0.6 is 0 Å². The van der Waals surface area contributed by atoms with Crippen molar-refractivity contribution >= 4 is 0 Å². The summed E-state index contributed by atoms with van der Waals surface area (Å²) in [5, 5.41) is 8.21. The van der Waals surface area contributed by atoms with E-state index in [9.17, 15) is 26.3 Å². The van der Waals surface area contributed by atoms with Crippen molar-refractivity contribution in [2.45, 2.75) is 18.8 Å². The smallest absolute Gasteiger partial charge is 0.227 e. The molecule has 0 spiro atoms. The van der Waals surface area contributed by atoms with Crippen molar-refractivity contribution in [3.05, 3.63) is 23.3 Å². The van der Waals surface area contributed by atoms with Gasteiger partial charge in [0.1, 0.15) is 17.2 Å². The second-order valence-corrected chi connectivity index (χ2v) is 2.89. The zero-order valence-electron chi connectivity index (χ0n) is 7.89. The van der Waals surface area contributed by atoms with E-state index in [4.69, 9.17) is 5.26 Å². The number of aromatic nitrogens is 2. The monoisotopic (exact) mass is 255 g/mol. The summed E-state index contributed by atoms with van der Waals surface area (Å²) in [5.74, 6) is -0.811. The molecule has 92 valence electrons. The summed E-state index contributed by atoms with van der Waals surface area (Å²) >= 11 is 0. The number of hydrogen-bond donors (Lipinski definition) is 0. The Hall–Kier alpha value is -1.85. The van der Waals surface area contributed by atoms with Crippen LogP contribution in [0.2, 0.25) is 0 Å². The second kappa shape index (κ2) is 4.20. The van der Waals surface area contributed by atoms with Gasteiger partial charge in [0.15, 0.2) is 0 Å². The molecule has 17 heavy (non-hydrogen) atoms. The van der Waals surface area contributed by atoms with Gasteiger partial charge in [-0.1, -0.05) is 0 Å². The number of alkyl halides is 6. The lowest BCUT2D eigenvalue weighted by atomic mass is 10.3. The lowest BCUT2D eigenvalue weighted by molar-refractivity contribution is -0.147. The number of nitriles is 1. The van der Waals surface area contributed by atoms with E-state index in [1.165, 1.54) is 6.07 Å². The van der Waals surface area contributed by atoms with Gasteiger partial charge in [0.05, 0.1) is 12.5 Å². The van der Waals surface area contributed by atoms with Crippen LogP contribution in [0.5, 0.6) is 0 Å². The quantitative estimate of drug-likeness (QED) is 0.724. The third kappa shape index (κ3) is 3.30. The molecule has 0 fully saturated rings. The maximum atomic E-state index is 12.2. The lowest BCUT2D eigenvalue weighted by Gasteiger charge is -2.11. The molecule has 0 radical (unpaired) electrons. The summed E-state index contributed by atoms with van der Waals surface area (Å²) in [7, 11) is 0. The molecule has 1 heterocycles. The highest BCUT2D eigenvalue weighted by molar-refractivity contribution is 5.17. The number of rotatable bonds is 1. The SMILES string of the molecule is N#CCc1nc(C(F)(F)F)cc(C(F)(F)F)n1. The lowest BCUT2D eigenvalue weighted by Crippen LogP contribution is -2.17. The Labute approximate surface area is 90.7 Å². The minimum atomic E-state index is -5.02. The Bertz CT molecular complexity index is 424. The van der Waals surface area contributed by atoms with E-state index >= 15 is 0 Å². The highest BCUT2D eigenvalue weighted by atomic mass is 19.4. The van der Waals surface area contributed by atoms with E-state index in [-0.39, 0.29) is 6.07 Å². The molecule has 0 aliphatic rings. The molecule has 0 saturated heterocycles. The molecule has 1 aromatic rings. The predicted molar refractivity (Wildman–Crippen MR) is 41.4 cm³/mol. The average Bonchev–Trinajstić information content (AvgIpc) is 2.15. The second-order valence-electron chi connectivity index (χ2n) is 2.89. The zero-order valence-corrected chi connectivity index (χ0v) is 7.89. The number of halogens is 6. The fourth-order valence-electron chi connectivity index (χ4n) is 0.937. The average molecular weight is 255 g/mol. The van der Waals surface area contributed by atoms with Crippen molar-refractivity contribution in [2.75, 3.05) is 0 Å². The minimum absolute atomic E-state index is 0.194. The van der Waals surface area contributed by atoms with Crippen molar-refractivity contribution in [1.29, 1.82) is 5.26 Å². The highest BCUT2D eigenvalue weighted by Crippen LogP contribution is 2.33. The molecular formula is C8H3F6N3. The van der Waals surface area contributed by atoms with Gasteiger partial charge in [-0.25, -0.2) is 9.97 Å². The van der Waals surface area contributed by atoms with E-state index in [0.717, 1.165) is 0 Å². The molecule has 9 heteroatoms. The third-order valence-electron chi connectivity index (χ3n) is 1.59. The van der Waals surface area contributed by atoms with Crippen LogP contribution in [-0.2, 0) is 18.8 Å². The van der Waals surface area contributed by atoms with Crippen molar-refractivity contribution in [1.82, 2.24) is 9.97 Å². The molecule has 0 aliphatic heterocycles. The van der Waals surface area contributed by atoms with Crippen molar-refractivity contribution in [2.24, 2.45) is 0 Å². The minimum Gasteiger partial charge on any atom is -0.227 e. The predicted octanol–water partition coefficient (Wildman–Crippen LogP) is 2.58. The fraction of sp³-hybridized carbons (Fsp3) is 0.375. The van der Waals surface area contributed by atoms with E-state index in [2.05, 4.69) is 9.97 Å². The molecule has 0 amide bonds. The van der Waals surface area contributed by atoms with Gasteiger partial charge >= 0.3 is 12.4 Å². The highest BCUT2D eigenvalue weighted by Gasteiger charge is 2.39. The maximum absolute atomic E-state index is 12.2. The summed E-state index contributed by atoms with van der Waals surface area (Å²) in [6.45, 7) is 0. The Morgan fingerprint density at radius 2 is 1.41 bits per heavy atom. The van der Waals surface area contributed by atoms with Gasteiger partial charge in [-0.2, -0.15) is 31.6 Å². The molecule has 0 saturated carbocycles. The third-order valence-corrected chi connectivity index (χ3v) is 1.59. The Morgan fingerprint density at radius 1 is 1.00 bits per heavy atom. The van der Waals surface area contributed by atoms with Gasteiger partial charge in [-0.05, 0) is 6.07 Å². The van der Waals surface area contributed by atoms with Crippen molar-refractivity contribution < 1.29 is 26.3 Å². The van der Waals surface area contributed by atoms with Crippen LogP contribution in [0.4, 0.5) is 26.3 Å². The first kappa shape index (κ1) is 13.2. The topological polar surface area (TPSA) is 49.6 Å². The first-order valence-corrected chi connectivity index (χ1v) is 4.04. The van der Waals surface area contributed by atoms with Crippen LogP contribution in [0, 0.1) is 11.3 Å². The first-order valence-electron chi connectivity index (χ1n) is 4.04. The van der Waals surface area contributed by atoms with Gasteiger partial charge in [-0.15, -0.1) is 0 Å². The van der Waals surface area contributed by atoms with Gasteiger partial charge in [-0.3, -0.25) is 0 Å². The van der Waals surface area contributed by atoms with Crippen LogP contribution < -0.4 is 0 Å². The normalized spacial score (nSPS) is 12.3. The van der Waals surface area contributed by atoms with E-state index in [1.54, 1.807) is 0 Å². The number of nitrogens with zero attached hydrogens (tertiary/aromatic N) is 3. The van der Waals surface area contributed by atoms with E-state index in [0.29, 0.717) is 0 Å². The molecule has 1 aromatic heterocycles. The van der Waals surface area contributed by atoms with Gasteiger partial charge in [0.25, 0.3) is 0 Å². The zero-order chi connectivity index (χ0) is 13.3. The summed E-state index contributed by atoms with van der Waals surface area (Å²) in [4.78, 5) is 5.70. The summed E-state index contributed by atoms with van der Waals surface area (Å²) < 4.78 is 73.4. The molecule has 1 rings (SSSR count). The van der Waals surface area contributed by atoms with Crippen LogP contribution in [0.3, 0.4) is 0 Å². The van der Waals surface area contributed by atoms with Crippen LogP contribution in [0.1, 0.15) is 17.2 Å². The van der Waals surface area contributed by atoms with E-state index < -0.39 is 36.0 Å². The van der Waals surface area contributed by atoms with Crippen LogP contribution in [0.25, 0.3) is 0 Å². The van der Waals surface area contributed by atoms with Crippen LogP contribution in [-0.4, -0.2) is 9.97 Å². The molecule has 3 nitrogen and oxygen atoms in total. The molecule has 0 aliphatic carbocycles. The molecule has 0 unspecified atom stereocenters. The number of hydrogen-bond acceptors (Lipinski definition) is 3. The summed E-state index contributed by atoms with van der Waals surface area (Å²) in [6, 6.07) is 1.19. The Morgan fingerprint density at radius 3 is 1.71 bits per heavy atom. The largest absolute Gasteiger partial charge is 0.433 e. The molecule has 0 bridgehead atoms. The Balaban J connectivity index is 3.35. The van der Waals surface area contributed by atoms with Gasteiger partial charge < -0.3 is 0 Å². The molecular weight excluding hydrogens is 252 g/mol. The van der Waals surface area contributed by atoms with E-state index in [1.807, 2.05) is 0 Å².